The van der Waals surface area contributed by atoms with Crippen molar-refractivity contribution in [3.63, 3.8) is 0 Å². The van der Waals surface area contributed by atoms with Gasteiger partial charge in [-0.25, -0.2) is 0 Å². The molecule has 0 aromatic carbocycles. The molecule has 0 saturated heterocycles. The Labute approximate surface area is 89.4 Å². The van der Waals surface area contributed by atoms with Crippen LogP contribution in [0.25, 0.3) is 0 Å². The minimum atomic E-state index is -0.862. The Morgan fingerprint density at radius 1 is 1.47 bits per heavy atom. The van der Waals surface area contributed by atoms with Gasteiger partial charge in [-0.2, -0.15) is 0 Å². The second kappa shape index (κ2) is 4.96. The monoisotopic (exact) mass is 211 g/mol. The predicted molar refractivity (Wildman–Crippen MR) is 56.3 cm³/mol. The lowest BCUT2D eigenvalue weighted by molar-refractivity contribution is -0.146. The fourth-order valence-electron chi connectivity index (χ4n) is 1.96. The van der Waals surface area contributed by atoms with E-state index in [0.717, 1.165) is 6.42 Å². The van der Waals surface area contributed by atoms with Crippen LogP contribution in [0, 0.1) is 11.8 Å². The van der Waals surface area contributed by atoms with Gasteiger partial charge in [-0.15, -0.1) is 6.58 Å². The Bertz CT molecular complexity index is 275. The maximum atomic E-state index is 11.7. The highest BCUT2D eigenvalue weighted by Gasteiger charge is 2.37. The summed E-state index contributed by atoms with van der Waals surface area (Å²) in [6, 6.07) is -0.104. The zero-order chi connectivity index (χ0) is 11.4. The normalized spacial score (nSPS) is 27.0. The maximum Gasteiger partial charge on any atom is 0.307 e. The maximum absolute atomic E-state index is 11.7. The molecule has 1 saturated carbocycles. The van der Waals surface area contributed by atoms with Crippen molar-refractivity contribution in [3.8, 4) is 0 Å². The molecular formula is C11H17NO3. The molecule has 0 bridgehead atoms. The van der Waals surface area contributed by atoms with E-state index in [9.17, 15) is 9.59 Å². The highest BCUT2D eigenvalue weighted by Crippen LogP contribution is 2.32. The number of carbonyl (C=O) groups is 2. The number of hydrogen-bond acceptors (Lipinski definition) is 2. The van der Waals surface area contributed by atoms with Crippen molar-refractivity contribution in [2.45, 2.75) is 32.2 Å². The summed E-state index contributed by atoms with van der Waals surface area (Å²) in [4.78, 5) is 22.6. The number of aliphatic carboxylic acids is 1. The molecule has 1 fully saturated rings. The van der Waals surface area contributed by atoms with Crippen molar-refractivity contribution in [2.24, 2.45) is 11.8 Å². The van der Waals surface area contributed by atoms with Crippen LogP contribution in [0.2, 0.25) is 0 Å². The zero-order valence-corrected chi connectivity index (χ0v) is 8.90. The van der Waals surface area contributed by atoms with E-state index in [0.29, 0.717) is 12.8 Å². The number of rotatable bonds is 4. The van der Waals surface area contributed by atoms with Gasteiger partial charge in [0, 0.05) is 6.04 Å². The van der Waals surface area contributed by atoms with Crippen molar-refractivity contribution >= 4 is 11.9 Å². The molecule has 0 aliphatic heterocycles. The first kappa shape index (κ1) is 11.8. The van der Waals surface area contributed by atoms with Crippen LogP contribution in [0.15, 0.2) is 12.7 Å². The first-order chi connectivity index (χ1) is 7.06. The van der Waals surface area contributed by atoms with E-state index in [1.54, 1.807) is 6.08 Å². The van der Waals surface area contributed by atoms with Crippen molar-refractivity contribution in [3.05, 3.63) is 12.7 Å². The van der Waals surface area contributed by atoms with Gasteiger partial charge in [-0.3, -0.25) is 9.59 Å². The van der Waals surface area contributed by atoms with E-state index >= 15 is 0 Å². The van der Waals surface area contributed by atoms with E-state index in [1.807, 2.05) is 6.92 Å². The quantitative estimate of drug-likeness (QED) is 0.686. The van der Waals surface area contributed by atoms with Gasteiger partial charge in [-0.1, -0.05) is 12.5 Å². The number of hydrogen-bond donors (Lipinski definition) is 2. The summed E-state index contributed by atoms with van der Waals surface area (Å²) < 4.78 is 0. The Morgan fingerprint density at radius 2 is 2.07 bits per heavy atom. The molecule has 4 nitrogen and oxygen atoms in total. The average Bonchev–Trinajstić information content (AvgIpc) is 2.65. The molecule has 84 valence electrons. The standard InChI is InChI=1S/C11H17NO3/c1-3-7(2)12-10(13)8-5-4-6-9(8)11(14)15/h3,7-9H,1,4-6H2,2H3,(H,12,13)(H,14,15)/t7?,8-,9+/m1/s1. The summed E-state index contributed by atoms with van der Waals surface area (Å²) in [5, 5.41) is 11.7. The summed E-state index contributed by atoms with van der Waals surface area (Å²) in [5.74, 6) is -1.90. The van der Waals surface area contributed by atoms with Crippen LogP contribution in [-0.2, 0) is 9.59 Å². The molecule has 15 heavy (non-hydrogen) atoms. The van der Waals surface area contributed by atoms with Crippen molar-refractivity contribution in [1.82, 2.24) is 5.32 Å². The second-order valence-electron chi connectivity index (χ2n) is 4.02. The van der Waals surface area contributed by atoms with Crippen LogP contribution in [0.4, 0.5) is 0 Å². The number of carboxylic acid groups (broad SMARTS) is 1. The van der Waals surface area contributed by atoms with Gasteiger partial charge in [0.1, 0.15) is 0 Å². The van der Waals surface area contributed by atoms with Gasteiger partial charge < -0.3 is 10.4 Å². The molecular weight excluding hydrogens is 194 g/mol. The van der Waals surface area contributed by atoms with Gasteiger partial charge in [0.25, 0.3) is 0 Å². The first-order valence-corrected chi connectivity index (χ1v) is 5.22. The Kier molecular flexibility index (Phi) is 3.88. The fraction of sp³-hybridized carbons (Fsp3) is 0.636. The molecule has 1 rings (SSSR count). The van der Waals surface area contributed by atoms with E-state index in [4.69, 9.17) is 5.11 Å². The molecule has 2 N–H and O–H groups in total. The summed E-state index contributed by atoms with van der Waals surface area (Å²) >= 11 is 0. The lowest BCUT2D eigenvalue weighted by atomic mass is 9.95. The molecule has 0 radical (unpaired) electrons. The third-order valence-electron chi connectivity index (χ3n) is 2.89. The number of carbonyl (C=O) groups excluding carboxylic acids is 1. The van der Waals surface area contributed by atoms with Gasteiger partial charge in [0.15, 0.2) is 0 Å². The molecule has 4 heteroatoms. The first-order valence-electron chi connectivity index (χ1n) is 5.22. The van der Waals surface area contributed by atoms with Crippen molar-refractivity contribution < 1.29 is 14.7 Å². The van der Waals surface area contributed by atoms with Crippen LogP contribution in [0.3, 0.4) is 0 Å². The number of carboxylic acids is 1. The minimum absolute atomic E-state index is 0.104. The number of amides is 1. The van der Waals surface area contributed by atoms with Gasteiger partial charge in [0.05, 0.1) is 11.8 Å². The second-order valence-corrected chi connectivity index (χ2v) is 4.02. The fourth-order valence-corrected chi connectivity index (χ4v) is 1.96. The Hall–Kier alpha value is -1.32. The summed E-state index contributed by atoms with van der Waals surface area (Å²) in [6.07, 6.45) is 3.72. The zero-order valence-electron chi connectivity index (χ0n) is 8.90. The molecule has 3 atom stereocenters. The molecule has 0 spiro atoms. The van der Waals surface area contributed by atoms with Crippen LogP contribution in [-0.4, -0.2) is 23.0 Å². The van der Waals surface area contributed by atoms with Crippen LogP contribution in [0.5, 0.6) is 0 Å². The van der Waals surface area contributed by atoms with Gasteiger partial charge in [0.2, 0.25) is 5.91 Å². The van der Waals surface area contributed by atoms with E-state index in [-0.39, 0.29) is 17.9 Å². The van der Waals surface area contributed by atoms with Gasteiger partial charge >= 0.3 is 5.97 Å². The molecule has 1 unspecified atom stereocenters. The van der Waals surface area contributed by atoms with Crippen molar-refractivity contribution in [2.75, 3.05) is 0 Å². The molecule has 1 amide bonds. The van der Waals surface area contributed by atoms with E-state index in [2.05, 4.69) is 11.9 Å². The van der Waals surface area contributed by atoms with Crippen LogP contribution >= 0.6 is 0 Å². The van der Waals surface area contributed by atoms with E-state index < -0.39 is 11.9 Å². The Balaban J connectivity index is 2.58. The third-order valence-corrected chi connectivity index (χ3v) is 2.89. The van der Waals surface area contributed by atoms with E-state index in [1.165, 1.54) is 0 Å². The summed E-state index contributed by atoms with van der Waals surface area (Å²) in [7, 11) is 0. The lowest BCUT2D eigenvalue weighted by Gasteiger charge is -2.17. The predicted octanol–water partition coefficient (Wildman–Crippen LogP) is 1.18. The lowest BCUT2D eigenvalue weighted by Crippen LogP contribution is -2.39. The number of nitrogens with one attached hydrogen (secondary N) is 1. The highest BCUT2D eigenvalue weighted by molar-refractivity contribution is 5.85. The SMILES string of the molecule is C=CC(C)NC(=O)[C@@H]1CCC[C@@H]1C(=O)O. The molecule has 0 heterocycles. The molecule has 1 aliphatic carbocycles. The molecule has 0 aromatic rings. The molecule has 1 aliphatic rings. The van der Waals surface area contributed by atoms with Crippen molar-refractivity contribution in [1.29, 1.82) is 0 Å². The third kappa shape index (κ3) is 2.81. The summed E-state index contributed by atoms with van der Waals surface area (Å²) in [5.41, 5.74) is 0. The van der Waals surface area contributed by atoms with Crippen LogP contribution < -0.4 is 5.32 Å². The Morgan fingerprint density at radius 3 is 2.60 bits per heavy atom. The minimum Gasteiger partial charge on any atom is -0.481 e. The van der Waals surface area contributed by atoms with Crippen LogP contribution in [0.1, 0.15) is 26.2 Å². The summed E-state index contributed by atoms with van der Waals surface area (Å²) in [6.45, 7) is 5.38. The smallest absolute Gasteiger partial charge is 0.307 e. The topological polar surface area (TPSA) is 66.4 Å². The van der Waals surface area contributed by atoms with Gasteiger partial charge in [-0.05, 0) is 19.8 Å². The highest BCUT2D eigenvalue weighted by atomic mass is 16.4. The largest absolute Gasteiger partial charge is 0.481 e. The average molecular weight is 211 g/mol. The molecule has 0 aromatic heterocycles.